The van der Waals surface area contributed by atoms with Crippen LogP contribution in [-0.2, 0) is 11.3 Å². The lowest BCUT2D eigenvalue weighted by Crippen LogP contribution is -2.05. The van der Waals surface area contributed by atoms with Gasteiger partial charge in [0.2, 0.25) is 0 Å². The number of esters is 1. The number of aromatic hydroxyl groups is 1. The molecule has 0 atom stereocenters. The van der Waals surface area contributed by atoms with Gasteiger partial charge in [-0.15, -0.1) is 0 Å². The summed E-state index contributed by atoms with van der Waals surface area (Å²) in [5.41, 5.74) is 1.92. The average Bonchev–Trinajstić information content (AvgIpc) is 3.02. The van der Waals surface area contributed by atoms with Crippen molar-refractivity contribution in [1.82, 2.24) is 4.98 Å². The number of H-pyrrole nitrogens is 1. The zero-order chi connectivity index (χ0) is 14.1. The van der Waals surface area contributed by atoms with E-state index in [0.717, 1.165) is 5.52 Å². The molecule has 0 fully saturated rings. The molecule has 3 rings (SSSR count). The van der Waals surface area contributed by atoms with Crippen LogP contribution in [0, 0.1) is 6.92 Å². The molecule has 5 heteroatoms. The van der Waals surface area contributed by atoms with Gasteiger partial charge in [0.25, 0.3) is 0 Å². The van der Waals surface area contributed by atoms with Crippen LogP contribution in [0.25, 0.3) is 10.9 Å². The van der Waals surface area contributed by atoms with Crippen LogP contribution in [0.1, 0.15) is 21.8 Å². The second-order valence-corrected chi connectivity index (χ2v) is 4.51. The van der Waals surface area contributed by atoms with Crippen molar-refractivity contribution in [2.45, 2.75) is 13.5 Å². The highest BCUT2D eigenvalue weighted by Crippen LogP contribution is 2.26. The van der Waals surface area contributed by atoms with Gasteiger partial charge in [0.05, 0.1) is 11.8 Å². The summed E-state index contributed by atoms with van der Waals surface area (Å²) in [6.07, 6.45) is 1.53. The number of benzene rings is 1. The molecule has 0 aliphatic heterocycles. The van der Waals surface area contributed by atoms with E-state index in [4.69, 9.17) is 9.15 Å². The highest BCUT2D eigenvalue weighted by molar-refractivity contribution is 6.05. The Balaban J connectivity index is 1.90. The Hall–Kier alpha value is -2.69. The molecular formula is C15H13NO4. The minimum Gasteiger partial charge on any atom is -0.508 e. The van der Waals surface area contributed by atoms with E-state index in [1.165, 1.54) is 6.26 Å². The Bertz CT molecular complexity index is 756. The van der Waals surface area contributed by atoms with Gasteiger partial charge in [-0.2, -0.15) is 0 Å². The van der Waals surface area contributed by atoms with Gasteiger partial charge in [0.1, 0.15) is 18.1 Å². The Kier molecular flexibility index (Phi) is 2.95. The number of ether oxygens (including phenoxy) is 1. The summed E-state index contributed by atoms with van der Waals surface area (Å²) in [5, 5.41) is 10.2. The SMILES string of the molecule is Cc1[nH]c2ccc(O)cc2c1C(=O)OCc1ccco1. The van der Waals surface area contributed by atoms with Gasteiger partial charge in [-0.1, -0.05) is 0 Å². The van der Waals surface area contributed by atoms with E-state index >= 15 is 0 Å². The Morgan fingerprint density at radius 2 is 2.25 bits per heavy atom. The van der Waals surface area contributed by atoms with E-state index in [-0.39, 0.29) is 12.4 Å². The fourth-order valence-corrected chi connectivity index (χ4v) is 2.18. The largest absolute Gasteiger partial charge is 0.508 e. The lowest BCUT2D eigenvalue weighted by molar-refractivity contribution is 0.0447. The normalized spacial score (nSPS) is 10.8. The summed E-state index contributed by atoms with van der Waals surface area (Å²) >= 11 is 0. The molecule has 0 amide bonds. The van der Waals surface area contributed by atoms with E-state index in [9.17, 15) is 9.90 Å². The summed E-state index contributed by atoms with van der Waals surface area (Å²) in [7, 11) is 0. The van der Waals surface area contributed by atoms with Crippen molar-refractivity contribution >= 4 is 16.9 Å². The third-order valence-electron chi connectivity index (χ3n) is 3.10. The predicted molar refractivity (Wildman–Crippen MR) is 72.5 cm³/mol. The van der Waals surface area contributed by atoms with Crippen LogP contribution in [-0.4, -0.2) is 16.1 Å². The molecule has 0 saturated carbocycles. The number of hydrogen-bond acceptors (Lipinski definition) is 4. The monoisotopic (exact) mass is 271 g/mol. The van der Waals surface area contributed by atoms with E-state index < -0.39 is 5.97 Å². The number of phenols is 1. The van der Waals surface area contributed by atoms with Crippen molar-refractivity contribution in [2.24, 2.45) is 0 Å². The first-order chi connectivity index (χ1) is 9.65. The number of fused-ring (bicyclic) bond motifs is 1. The molecule has 0 spiro atoms. The lowest BCUT2D eigenvalue weighted by atomic mass is 10.1. The number of hydrogen-bond donors (Lipinski definition) is 2. The van der Waals surface area contributed by atoms with Crippen molar-refractivity contribution in [1.29, 1.82) is 0 Å². The molecule has 0 saturated heterocycles. The van der Waals surface area contributed by atoms with Gasteiger partial charge in [0, 0.05) is 16.6 Å². The molecule has 0 aliphatic rings. The van der Waals surface area contributed by atoms with Crippen molar-refractivity contribution in [3.63, 3.8) is 0 Å². The molecule has 1 aromatic carbocycles. The Morgan fingerprint density at radius 3 is 3.00 bits per heavy atom. The maximum Gasteiger partial charge on any atom is 0.341 e. The first-order valence-electron chi connectivity index (χ1n) is 6.16. The number of rotatable bonds is 3. The summed E-state index contributed by atoms with van der Waals surface area (Å²) < 4.78 is 10.3. The van der Waals surface area contributed by atoms with Crippen LogP contribution in [0.4, 0.5) is 0 Å². The molecule has 0 radical (unpaired) electrons. The van der Waals surface area contributed by atoms with Gasteiger partial charge in [0.15, 0.2) is 0 Å². The molecule has 2 aromatic heterocycles. The van der Waals surface area contributed by atoms with Crippen molar-refractivity contribution in [2.75, 3.05) is 0 Å². The zero-order valence-corrected chi connectivity index (χ0v) is 10.8. The molecule has 3 aromatic rings. The highest BCUT2D eigenvalue weighted by atomic mass is 16.5. The Labute approximate surface area is 114 Å². The fourth-order valence-electron chi connectivity index (χ4n) is 2.18. The summed E-state index contributed by atoms with van der Waals surface area (Å²) in [6, 6.07) is 8.30. The van der Waals surface area contributed by atoms with Gasteiger partial charge >= 0.3 is 5.97 Å². The molecule has 102 valence electrons. The van der Waals surface area contributed by atoms with Crippen LogP contribution in [0.2, 0.25) is 0 Å². The van der Waals surface area contributed by atoms with E-state index in [1.807, 2.05) is 0 Å². The van der Waals surface area contributed by atoms with Gasteiger partial charge < -0.3 is 19.2 Å². The molecule has 2 N–H and O–H groups in total. The zero-order valence-electron chi connectivity index (χ0n) is 10.8. The van der Waals surface area contributed by atoms with Crippen molar-refractivity contribution < 1.29 is 19.1 Å². The minimum absolute atomic E-state index is 0.0801. The molecule has 0 aliphatic carbocycles. The molecule has 2 heterocycles. The maximum absolute atomic E-state index is 12.2. The molecule has 0 unspecified atom stereocenters. The third-order valence-corrected chi connectivity index (χ3v) is 3.10. The predicted octanol–water partition coefficient (Wildman–Crippen LogP) is 3.13. The highest BCUT2D eigenvalue weighted by Gasteiger charge is 2.18. The summed E-state index contributed by atoms with van der Waals surface area (Å²) in [5.74, 6) is 0.242. The number of phenolic OH excluding ortho intramolecular Hbond substituents is 1. The number of aromatic amines is 1. The van der Waals surface area contributed by atoms with Crippen molar-refractivity contribution in [3.8, 4) is 5.75 Å². The topological polar surface area (TPSA) is 75.5 Å². The van der Waals surface area contributed by atoms with Crippen LogP contribution in [0.5, 0.6) is 5.75 Å². The molecule has 20 heavy (non-hydrogen) atoms. The lowest BCUT2D eigenvalue weighted by Gasteiger charge is -2.03. The van der Waals surface area contributed by atoms with Gasteiger partial charge in [-0.3, -0.25) is 0 Å². The second-order valence-electron chi connectivity index (χ2n) is 4.51. The minimum atomic E-state index is -0.448. The van der Waals surface area contributed by atoms with Crippen LogP contribution < -0.4 is 0 Å². The smallest absolute Gasteiger partial charge is 0.341 e. The number of nitrogens with one attached hydrogen (secondary N) is 1. The average molecular weight is 271 g/mol. The number of aromatic nitrogens is 1. The summed E-state index contributed by atoms with van der Waals surface area (Å²) in [4.78, 5) is 15.3. The molecule has 0 bridgehead atoms. The molecular weight excluding hydrogens is 258 g/mol. The van der Waals surface area contributed by atoms with Gasteiger partial charge in [-0.05, 0) is 37.3 Å². The van der Waals surface area contributed by atoms with E-state index in [1.54, 1.807) is 37.3 Å². The molecule has 5 nitrogen and oxygen atoms in total. The second kappa shape index (κ2) is 4.77. The number of carbonyl (C=O) groups is 1. The number of aryl methyl sites for hydroxylation is 1. The quantitative estimate of drug-likeness (QED) is 0.717. The van der Waals surface area contributed by atoms with Gasteiger partial charge in [-0.25, -0.2) is 4.79 Å². The Morgan fingerprint density at radius 1 is 1.40 bits per heavy atom. The maximum atomic E-state index is 12.2. The van der Waals surface area contributed by atoms with Crippen LogP contribution in [0.15, 0.2) is 41.0 Å². The fraction of sp³-hybridized carbons (Fsp3) is 0.133. The first-order valence-corrected chi connectivity index (χ1v) is 6.16. The van der Waals surface area contributed by atoms with E-state index in [0.29, 0.717) is 22.4 Å². The first kappa shape index (κ1) is 12.3. The number of furan rings is 1. The van der Waals surface area contributed by atoms with Crippen LogP contribution in [0.3, 0.4) is 0 Å². The summed E-state index contributed by atoms with van der Waals surface area (Å²) in [6.45, 7) is 1.87. The van der Waals surface area contributed by atoms with Crippen LogP contribution >= 0.6 is 0 Å². The number of carbonyl (C=O) groups excluding carboxylic acids is 1. The standard InChI is InChI=1S/C15H13NO4/c1-9-14(12-7-10(17)4-5-13(12)16-9)15(18)20-8-11-3-2-6-19-11/h2-7,16-17H,8H2,1H3. The van der Waals surface area contributed by atoms with Crippen molar-refractivity contribution in [3.05, 3.63) is 53.6 Å². The van der Waals surface area contributed by atoms with E-state index in [2.05, 4.69) is 4.98 Å². The third kappa shape index (κ3) is 2.14.